The van der Waals surface area contributed by atoms with Crippen LogP contribution in [0.3, 0.4) is 0 Å². The van der Waals surface area contributed by atoms with Gasteiger partial charge in [-0.15, -0.1) is 0 Å². The average Bonchev–Trinajstić information content (AvgIpc) is 2.42. The van der Waals surface area contributed by atoms with Gasteiger partial charge in [-0.1, -0.05) is 19.9 Å². The molecule has 2 atom stereocenters. The standard InChI is InChI=1S/C15H21N3O3/c1-8(2)14(17)10-4-5-12-11(6-10)18(7-13(16)19)15(20)9(3)21-12/h4-6,8-9,14H,7,17H2,1-3H3,(H2,16,19). The van der Waals surface area contributed by atoms with Crippen LogP contribution in [0.4, 0.5) is 5.69 Å². The molecule has 1 aromatic rings. The van der Waals surface area contributed by atoms with Gasteiger partial charge in [0.25, 0.3) is 5.91 Å². The van der Waals surface area contributed by atoms with E-state index < -0.39 is 12.0 Å². The van der Waals surface area contributed by atoms with Crippen LogP contribution in [0.15, 0.2) is 18.2 Å². The molecule has 0 aromatic heterocycles. The number of nitrogens with zero attached hydrogens (tertiary/aromatic N) is 1. The van der Waals surface area contributed by atoms with Gasteiger partial charge in [-0.2, -0.15) is 0 Å². The summed E-state index contributed by atoms with van der Waals surface area (Å²) in [6.45, 7) is 5.52. The van der Waals surface area contributed by atoms with E-state index in [2.05, 4.69) is 0 Å². The molecule has 6 nitrogen and oxygen atoms in total. The van der Waals surface area contributed by atoms with Crippen molar-refractivity contribution >= 4 is 17.5 Å². The van der Waals surface area contributed by atoms with E-state index in [4.69, 9.17) is 16.2 Å². The van der Waals surface area contributed by atoms with Crippen LogP contribution in [0.25, 0.3) is 0 Å². The molecule has 0 aliphatic carbocycles. The van der Waals surface area contributed by atoms with Crippen molar-refractivity contribution < 1.29 is 14.3 Å². The SMILES string of the molecule is CC1Oc2ccc(C(N)C(C)C)cc2N(CC(N)=O)C1=O. The molecule has 0 saturated carbocycles. The quantitative estimate of drug-likeness (QED) is 0.862. The fraction of sp³-hybridized carbons (Fsp3) is 0.467. The number of ether oxygens (including phenoxy) is 1. The molecule has 6 heteroatoms. The summed E-state index contributed by atoms with van der Waals surface area (Å²) in [4.78, 5) is 24.8. The van der Waals surface area contributed by atoms with Crippen LogP contribution in [0.1, 0.15) is 32.4 Å². The molecule has 0 radical (unpaired) electrons. The minimum atomic E-state index is -0.638. The molecule has 0 saturated heterocycles. The maximum Gasteiger partial charge on any atom is 0.268 e. The summed E-state index contributed by atoms with van der Waals surface area (Å²) in [6, 6.07) is 5.31. The van der Waals surface area contributed by atoms with Crippen molar-refractivity contribution in [3.8, 4) is 5.75 Å². The van der Waals surface area contributed by atoms with E-state index >= 15 is 0 Å². The first kappa shape index (κ1) is 15.3. The van der Waals surface area contributed by atoms with E-state index in [1.165, 1.54) is 4.90 Å². The molecule has 0 fully saturated rings. The lowest BCUT2D eigenvalue weighted by atomic mass is 9.96. The molecular formula is C15H21N3O3. The molecule has 0 bridgehead atoms. The smallest absolute Gasteiger partial charge is 0.268 e. The molecular weight excluding hydrogens is 270 g/mol. The second kappa shape index (κ2) is 5.73. The van der Waals surface area contributed by atoms with E-state index in [9.17, 15) is 9.59 Å². The van der Waals surface area contributed by atoms with Crippen molar-refractivity contribution in [2.24, 2.45) is 17.4 Å². The van der Waals surface area contributed by atoms with Gasteiger partial charge < -0.3 is 16.2 Å². The number of fused-ring (bicyclic) bond motifs is 1. The van der Waals surface area contributed by atoms with Gasteiger partial charge in [-0.05, 0) is 30.5 Å². The zero-order valence-electron chi connectivity index (χ0n) is 12.5. The van der Waals surface area contributed by atoms with Crippen LogP contribution in [0.2, 0.25) is 0 Å². The Balaban J connectivity index is 2.45. The number of carbonyl (C=O) groups excluding carboxylic acids is 2. The maximum absolute atomic E-state index is 12.2. The molecule has 4 N–H and O–H groups in total. The molecule has 114 valence electrons. The van der Waals surface area contributed by atoms with Crippen LogP contribution < -0.4 is 21.1 Å². The van der Waals surface area contributed by atoms with E-state index in [1.807, 2.05) is 19.9 Å². The minimum Gasteiger partial charge on any atom is -0.479 e. The number of carbonyl (C=O) groups is 2. The van der Waals surface area contributed by atoms with Gasteiger partial charge in [0.1, 0.15) is 12.3 Å². The number of hydrogen-bond donors (Lipinski definition) is 2. The van der Waals surface area contributed by atoms with E-state index in [0.29, 0.717) is 11.4 Å². The van der Waals surface area contributed by atoms with Gasteiger partial charge in [0, 0.05) is 6.04 Å². The highest BCUT2D eigenvalue weighted by atomic mass is 16.5. The van der Waals surface area contributed by atoms with E-state index in [1.54, 1.807) is 19.1 Å². The first-order chi connectivity index (χ1) is 9.81. The van der Waals surface area contributed by atoms with Gasteiger partial charge in [-0.25, -0.2) is 0 Å². The van der Waals surface area contributed by atoms with Crippen molar-refractivity contribution in [3.63, 3.8) is 0 Å². The molecule has 2 rings (SSSR count). The largest absolute Gasteiger partial charge is 0.479 e. The third kappa shape index (κ3) is 3.00. The average molecular weight is 291 g/mol. The Morgan fingerprint density at radius 2 is 2.10 bits per heavy atom. The lowest BCUT2D eigenvalue weighted by molar-refractivity contribution is -0.127. The highest BCUT2D eigenvalue weighted by Gasteiger charge is 2.32. The normalized spacial score (nSPS) is 19.2. The monoisotopic (exact) mass is 291 g/mol. The van der Waals surface area contributed by atoms with Crippen LogP contribution in [0, 0.1) is 5.92 Å². The zero-order valence-corrected chi connectivity index (χ0v) is 12.5. The summed E-state index contributed by atoms with van der Waals surface area (Å²) < 4.78 is 5.57. The van der Waals surface area contributed by atoms with Crippen LogP contribution in [-0.2, 0) is 9.59 Å². The second-order valence-corrected chi connectivity index (χ2v) is 5.65. The Morgan fingerprint density at radius 3 is 2.67 bits per heavy atom. The number of anilines is 1. The van der Waals surface area contributed by atoms with Crippen molar-refractivity contribution in [2.45, 2.75) is 32.9 Å². The summed E-state index contributed by atoms with van der Waals surface area (Å²) in [5.74, 6) is -0.0339. The van der Waals surface area contributed by atoms with Crippen LogP contribution >= 0.6 is 0 Å². The summed E-state index contributed by atoms with van der Waals surface area (Å²) >= 11 is 0. The molecule has 2 amide bonds. The highest BCUT2D eigenvalue weighted by molar-refractivity contribution is 6.03. The molecule has 1 aromatic carbocycles. The second-order valence-electron chi connectivity index (χ2n) is 5.65. The fourth-order valence-corrected chi connectivity index (χ4v) is 2.34. The Labute approximate surface area is 124 Å². The molecule has 0 spiro atoms. The van der Waals surface area contributed by atoms with Crippen molar-refractivity contribution in [1.82, 2.24) is 0 Å². The number of amides is 2. The Morgan fingerprint density at radius 1 is 1.43 bits per heavy atom. The zero-order chi connectivity index (χ0) is 15.7. The van der Waals surface area contributed by atoms with Gasteiger partial charge in [-0.3, -0.25) is 14.5 Å². The predicted octanol–water partition coefficient (Wildman–Crippen LogP) is 0.942. The topological polar surface area (TPSA) is 98.7 Å². The third-order valence-electron chi connectivity index (χ3n) is 3.61. The third-order valence-corrected chi connectivity index (χ3v) is 3.61. The highest BCUT2D eigenvalue weighted by Crippen LogP contribution is 2.36. The molecule has 2 unspecified atom stereocenters. The van der Waals surface area contributed by atoms with E-state index in [-0.39, 0.29) is 24.4 Å². The Hall–Kier alpha value is -2.08. The summed E-state index contributed by atoms with van der Waals surface area (Å²) in [7, 11) is 0. The van der Waals surface area contributed by atoms with E-state index in [0.717, 1.165) is 5.56 Å². The fourth-order valence-electron chi connectivity index (χ4n) is 2.34. The van der Waals surface area contributed by atoms with Crippen molar-refractivity contribution in [1.29, 1.82) is 0 Å². The Kier molecular flexibility index (Phi) is 4.18. The van der Waals surface area contributed by atoms with Gasteiger partial charge in [0.2, 0.25) is 5.91 Å². The molecule has 21 heavy (non-hydrogen) atoms. The lowest BCUT2D eigenvalue weighted by Crippen LogP contribution is -2.48. The number of primary amides is 1. The Bertz CT molecular complexity index is 571. The number of hydrogen-bond acceptors (Lipinski definition) is 4. The lowest BCUT2D eigenvalue weighted by Gasteiger charge is -2.33. The maximum atomic E-state index is 12.2. The molecule has 1 aliphatic rings. The molecule has 1 heterocycles. The van der Waals surface area contributed by atoms with Crippen LogP contribution in [-0.4, -0.2) is 24.5 Å². The number of rotatable bonds is 4. The summed E-state index contributed by atoms with van der Waals surface area (Å²) in [5, 5.41) is 0. The number of benzene rings is 1. The van der Waals surface area contributed by atoms with Gasteiger partial charge in [0.15, 0.2) is 6.10 Å². The van der Waals surface area contributed by atoms with Crippen molar-refractivity contribution in [2.75, 3.05) is 11.4 Å². The van der Waals surface area contributed by atoms with Gasteiger partial charge >= 0.3 is 0 Å². The predicted molar refractivity (Wildman–Crippen MR) is 79.8 cm³/mol. The minimum absolute atomic E-state index is 0.153. The summed E-state index contributed by atoms with van der Waals surface area (Å²) in [5.41, 5.74) is 12.8. The molecule has 1 aliphatic heterocycles. The summed E-state index contributed by atoms with van der Waals surface area (Å²) in [6.07, 6.45) is -0.638. The van der Waals surface area contributed by atoms with Gasteiger partial charge in [0.05, 0.1) is 5.69 Å². The van der Waals surface area contributed by atoms with Crippen LogP contribution in [0.5, 0.6) is 5.75 Å². The van der Waals surface area contributed by atoms with Crippen molar-refractivity contribution in [3.05, 3.63) is 23.8 Å². The number of nitrogens with two attached hydrogens (primary N) is 2. The first-order valence-electron chi connectivity index (χ1n) is 6.97. The first-order valence-corrected chi connectivity index (χ1v) is 6.97.